The molecule has 2 aromatic rings. The van der Waals surface area contributed by atoms with Crippen molar-refractivity contribution in [3.8, 4) is 0 Å². The van der Waals surface area contributed by atoms with Gasteiger partial charge >= 0.3 is 6.03 Å². The third-order valence-corrected chi connectivity index (χ3v) is 5.60. The Morgan fingerprint density at radius 2 is 1.87 bits per heavy atom. The number of rotatable bonds is 4. The second kappa shape index (κ2) is 7.69. The van der Waals surface area contributed by atoms with Gasteiger partial charge in [-0.2, -0.15) is 5.10 Å². The largest absolute Gasteiger partial charge is 0.368 e. The zero-order chi connectivity index (χ0) is 22.4. The number of carbonyl (C=O) groups excluding carboxylic acids is 3. The van der Waals surface area contributed by atoms with Gasteiger partial charge in [-0.1, -0.05) is 23.7 Å². The van der Waals surface area contributed by atoms with Crippen LogP contribution in [0.3, 0.4) is 0 Å². The molecule has 10 nitrogen and oxygen atoms in total. The number of nitrogens with two attached hydrogens (primary N) is 1. The van der Waals surface area contributed by atoms with E-state index in [0.717, 1.165) is 21.9 Å². The molecule has 0 aliphatic carbocycles. The average molecular weight is 444 g/mol. The normalized spacial score (nSPS) is 20.9. The van der Waals surface area contributed by atoms with Gasteiger partial charge in [0.05, 0.1) is 5.69 Å². The van der Waals surface area contributed by atoms with Crippen molar-refractivity contribution in [2.75, 3.05) is 13.6 Å². The van der Waals surface area contributed by atoms with Crippen LogP contribution in [0.4, 0.5) is 4.79 Å². The molecule has 1 saturated heterocycles. The van der Waals surface area contributed by atoms with Gasteiger partial charge in [-0.25, -0.2) is 14.5 Å². The fraction of sp³-hybridized carbons (Fsp3) is 0.350. The van der Waals surface area contributed by atoms with Crippen LogP contribution in [0.15, 0.2) is 35.3 Å². The van der Waals surface area contributed by atoms with Crippen LogP contribution in [0.1, 0.15) is 17.0 Å². The number of fused-ring (bicyclic) bond motifs is 1. The Hall–Kier alpha value is -3.40. The highest BCUT2D eigenvalue weighted by Gasteiger charge is 2.53. The standard InChI is InChI=1S/C20H22ClN7O3/c1-11-8-12(2)28(24-11)19-23-17-16(26(19)9-13-4-6-14(21)7-5-13)18(30)27(10-15(22)29)20(31)25(17)3/h4-8,16-17H,9-10H2,1-3H3,(H2,22,29). The maximum absolute atomic E-state index is 13.3. The Kier molecular flexibility index (Phi) is 5.18. The maximum atomic E-state index is 13.3. The van der Waals surface area contributed by atoms with E-state index < -0.39 is 36.6 Å². The molecule has 11 heteroatoms. The smallest absolute Gasteiger partial charge is 0.328 e. The third-order valence-electron chi connectivity index (χ3n) is 5.35. The number of benzene rings is 1. The molecule has 0 spiro atoms. The summed E-state index contributed by atoms with van der Waals surface area (Å²) in [6, 6.07) is 7.72. The molecule has 0 bridgehead atoms. The minimum absolute atomic E-state index is 0.327. The summed E-state index contributed by atoms with van der Waals surface area (Å²) < 4.78 is 1.66. The summed E-state index contributed by atoms with van der Waals surface area (Å²) in [5, 5.41) is 5.11. The van der Waals surface area contributed by atoms with Crippen molar-refractivity contribution in [1.82, 2.24) is 24.5 Å². The number of aliphatic imine (C=N–C) groups is 1. The van der Waals surface area contributed by atoms with Crippen LogP contribution in [0.5, 0.6) is 0 Å². The topological polar surface area (TPSA) is 117 Å². The number of amides is 4. The van der Waals surface area contributed by atoms with Gasteiger partial charge < -0.3 is 15.5 Å². The molecular weight excluding hydrogens is 422 g/mol. The molecule has 0 radical (unpaired) electrons. The van der Waals surface area contributed by atoms with Crippen LogP contribution < -0.4 is 5.73 Å². The zero-order valence-electron chi connectivity index (χ0n) is 17.3. The molecule has 2 atom stereocenters. The molecule has 4 amide bonds. The van der Waals surface area contributed by atoms with Gasteiger partial charge in [0.15, 0.2) is 12.2 Å². The first-order valence-electron chi connectivity index (χ1n) is 9.66. The number of aryl methyl sites for hydroxylation is 2. The van der Waals surface area contributed by atoms with Crippen molar-refractivity contribution in [3.05, 3.63) is 52.3 Å². The molecular formula is C20H22ClN7O3. The van der Waals surface area contributed by atoms with Crippen LogP contribution in [0.2, 0.25) is 5.02 Å². The van der Waals surface area contributed by atoms with Gasteiger partial charge in [-0.15, -0.1) is 0 Å². The summed E-state index contributed by atoms with van der Waals surface area (Å²) in [7, 11) is 1.55. The summed E-state index contributed by atoms with van der Waals surface area (Å²) in [6.07, 6.45) is -0.754. The van der Waals surface area contributed by atoms with E-state index in [9.17, 15) is 14.4 Å². The van der Waals surface area contributed by atoms with Gasteiger partial charge in [-0.3, -0.25) is 14.5 Å². The summed E-state index contributed by atoms with van der Waals surface area (Å²) in [4.78, 5) is 46.3. The van der Waals surface area contributed by atoms with E-state index in [1.807, 2.05) is 32.0 Å². The lowest BCUT2D eigenvalue weighted by Crippen LogP contribution is -2.66. The van der Waals surface area contributed by atoms with Crippen LogP contribution in [0, 0.1) is 13.8 Å². The Labute approximate surface area is 183 Å². The van der Waals surface area contributed by atoms with Gasteiger partial charge in [0, 0.05) is 24.3 Å². The molecule has 3 heterocycles. The fourth-order valence-corrected chi connectivity index (χ4v) is 4.06. The number of imide groups is 1. The van der Waals surface area contributed by atoms with E-state index >= 15 is 0 Å². The molecule has 1 fully saturated rings. The van der Waals surface area contributed by atoms with Crippen LogP contribution >= 0.6 is 11.6 Å². The maximum Gasteiger partial charge on any atom is 0.328 e. The lowest BCUT2D eigenvalue weighted by atomic mass is 10.1. The van der Waals surface area contributed by atoms with Crippen molar-refractivity contribution in [2.45, 2.75) is 32.6 Å². The summed E-state index contributed by atoms with van der Waals surface area (Å²) in [6.45, 7) is 3.59. The SMILES string of the molecule is Cc1cc(C)n(C2=NC3C(C(=O)N(CC(N)=O)C(=O)N3C)N2Cc2ccc(Cl)cc2)n1. The van der Waals surface area contributed by atoms with E-state index in [2.05, 4.69) is 5.10 Å². The van der Waals surface area contributed by atoms with Crippen molar-refractivity contribution >= 4 is 35.4 Å². The number of aromatic nitrogens is 2. The van der Waals surface area contributed by atoms with Gasteiger partial charge in [0.25, 0.3) is 5.91 Å². The van der Waals surface area contributed by atoms with Crippen molar-refractivity contribution in [1.29, 1.82) is 0 Å². The van der Waals surface area contributed by atoms with E-state index in [-0.39, 0.29) is 0 Å². The molecule has 4 rings (SSSR count). The number of hydrogen-bond acceptors (Lipinski definition) is 6. The zero-order valence-corrected chi connectivity index (χ0v) is 18.1. The first-order chi connectivity index (χ1) is 14.7. The second-order valence-electron chi connectivity index (χ2n) is 7.66. The second-order valence-corrected chi connectivity index (χ2v) is 8.10. The molecule has 2 aliphatic rings. The number of urea groups is 1. The molecule has 162 valence electrons. The monoisotopic (exact) mass is 443 g/mol. The third kappa shape index (κ3) is 3.63. The Morgan fingerprint density at radius 3 is 2.45 bits per heavy atom. The van der Waals surface area contributed by atoms with Gasteiger partial charge in [0.2, 0.25) is 11.9 Å². The minimum Gasteiger partial charge on any atom is -0.368 e. The number of carbonyl (C=O) groups is 3. The molecule has 31 heavy (non-hydrogen) atoms. The van der Waals surface area contributed by atoms with Crippen molar-refractivity contribution in [3.63, 3.8) is 0 Å². The van der Waals surface area contributed by atoms with Crippen molar-refractivity contribution in [2.24, 2.45) is 10.7 Å². The molecule has 1 aromatic carbocycles. The van der Waals surface area contributed by atoms with Gasteiger partial charge in [-0.05, 0) is 37.6 Å². The van der Waals surface area contributed by atoms with Gasteiger partial charge in [0.1, 0.15) is 6.54 Å². The molecule has 1 aromatic heterocycles. The predicted molar refractivity (Wildman–Crippen MR) is 113 cm³/mol. The number of primary amides is 1. The quantitative estimate of drug-likeness (QED) is 0.754. The summed E-state index contributed by atoms with van der Waals surface area (Å²) >= 11 is 6.01. The first kappa shape index (κ1) is 20.9. The lowest BCUT2D eigenvalue weighted by molar-refractivity contribution is -0.140. The first-order valence-corrected chi connectivity index (χ1v) is 10.0. The number of likely N-dealkylation sites (N-methyl/N-ethyl adjacent to an activating group) is 1. The Balaban J connectivity index is 1.78. The van der Waals surface area contributed by atoms with E-state index in [4.69, 9.17) is 22.3 Å². The number of nitrogens with zero attached hydrogens (tertiary/aromatic N) is 6. The van der Waals surface area contributed by atoms with E-state index in [0.29, 0.717) is 17.5 Å². The van der Waals surface area contributed by atoms with Crippen LogP contribution in [-0.2, 0) is 16.1 Å². The van der Waals surface area contributed by atoms with E-state index in [1.165, 1.54) is 4.90 Å². The molecule has 2 aliphatic heterocycles. The molecule has 0 saturated carbocycles. The Morgan fingerprint density at radius 1 is 1.19 bits per heavy atom. The van der Waals surface area contributed by atoms with Crippen LogP contribution in [-0.4, -0.2) is 74.1 Å². The number of halogens is 1. The highest BCUT2D eigenvalue weighted by Crippen LogP contribution is 2.30. The van der Waals surface area contributed by atoms with E-state index in [1.54, 1.807) is 28.8 Å². The summed E-state index contributed by atoms with van der Waals surface area (Å²) in [5.41, 5.74) is 7.81. The highest BCUT2D eigenvalue weighted by atomic mass is 35.5. The molecule has 2 unspecified atom stereocenters. The summed E-state index contributed by atoms with van der Waals surface area (Å²) in [5.74, 6) is -0.846. The average Bonchev–Trinajstić information content (AvgIpc) is 3.24. The predicted octanol–water partition coefficient (Wildman–Crippen LogP) is 0.947. The fourth-order valence-electron chi connectivity index (χ4n) is 3.93. The number of hydrogen-bond donors (Lipinski definition) is 1. The highest BCUT2D eigenvalue weighted by molar-refractivity contribution is 6.30. The van der Waals surface area contributed by atoms with Crippen molar-refractivity contribution < 1.29 is 14.4 Å². The Bertz CT molecular complexity index is 1090. The minimum atomic E-state index is -0.823. The molecule has 2 N–H and O–H groups in total. The van der Waals surface area contributed by atoms with Crippen LogP contribution in [0.25, 0.3) is 0 Å². The lowest BCUT2D eigenvalue weighted by Gasteiger charge is -2.40.